The van der Waals surface area contributed by atoms with Crippen LogP contribution in [0, 0.1) is 5.92 Å². The number of aliphatic carboxylic acids is 1. The van der Waals surface area contributed by atoms with E-state index >= 15 is 0 Å². The quantitative estimate of drug-likeness (QED) is 0.567. The summed E-state index contributed by atoms with van der Waals surface area (Å²) in [6.07, 6.45) is 1.32. The number of nitrogens with one attached hydrogen (secondary N) is 3. The van der Waals surface area contributed by atoms with Gasteiger partial charge in [-0.25, -0.2) is 9.59 Å². The van der Waals surface area contributed by atoms with Crippen LogP contribution in [0.15, 0.2) is 0 Å². The van der Waals surface area contributed by atoms with Crippen LogP contribution in [0.2, 0.25) is 0 Å². The van der Waals surface area contributed by atoms with E-state index in [1.165, 1.54) is 0 Å². The number of hydrogen-bond acceptors (Lipinski definition) is 3. The Kier molecular flexibility index (Phi) is 5.59. The highest BCUT2D eigenvalue weighted by molar-refractivity contribution is 5.83. The van der Waals surface area contributed by atoms with Crippen molar-refractivity contribution in [1.82, 2.24) is 16.0 Å². The van der Waals surface area contributed by atoms with Gasteiger partial charge >= 0.3 is 12.0 Å². The van der Waals surface area contributed by atoms with Crippen molar-refractivity contribution in [1.29, 1.82) is 0 Å². The summed E-state index contributed by atoms with van der Waals surface area (Å²) in [5, 5.41) is 16.8. The van der Waals surface area contributed by atoms with Crippen LogP contribution in [-0.2, 0) is 9.59 Å². The largest absolute Gasteiger partial charge is 0.480 e. The third kappa shape index (κ3) is 5.58. The lowest BCUT2D eigenvalue weighted by Crippen LogP contribution is -2.53. The summed E-state index contributed by atoms with van der Waals surface area (Å²) in [6, 6.07) is -1.54. The number of carboxylic acids is 1. The van der Waals surface area contributed by atoms with Gasteiger partial charge in [-0.1, -0.05) is 13.8 Å². The molecule has 1 aliphatic heterocycles. The number of carbonyl (C=O) groups is 3. The standard InChI is InChI=1S/C12H21N3O4/c1-7(2)5-9(11(17)18)15-12(19)14-8-3-4-10(16)13-6-8/h7-9H,3-6H2,1-2H3,(H,13,16)(H,17,18)(H2,14,15,19)/t8?,9-/m0/s1. The van der Waals surface area contributed by atoms with E-state index in [4.69, 9.17) is 5.11 Å². The van der Waals surface area contributed by atoms with Crippen molar-refractivity contribution < 1.29 is 19.5 Å². The van der Waals surface area contributed by atoms with Gasteiger partial charge in [0.25, 0.3) is 0 Å². The first kappa shape index (κ1) is 15.3. The smallest absolute Gasteiger partial charge is 0.326 e. The second kappa shape index (κ2) is 6.96. The molecule has 7 nitrogen and oxygen atoms in total. The third-order valence-electron chi connectivity index (χ3n) is 2.91. The lowest BCUT2D eigenvalue weighted by Gasteiger charge is -2.25. The fourth-order valence-corrected chi connectivity index (χ4v) is 1.93. The topological polar surface area (TPSA) is 108 Å². The van der Waals surface area contributed by atoms with Crippen molar-refractivity contribution in [2.45, 2.75) is 45.2 Å². The zero-order valence-electron chi connectivity index (χ0n) is 11.2. The highest BCUT2D eigenvalue weighted by Gasteiger charge is 2.24. The van der Waals surface area contributed by atoms with Crippen molar-refractivity contribution in [2.75, 3.05) is 6.54 Å². The van der Waals surface area contributed by atoms with E-state index in [2.05, 4.69) is 16.0 Å². The fourth-order valence-electron chi connectivity index (χ4n) is 1.93. The van der Waals surface area contributed by atoms with Crippen molar-refractivity contribution in [3.8, 4) is 0 Å². The first-order chi connectivity index (χ1) is 8.88. The first-order valence-electron chi connectivity index (χ1n) is 6.45. The molecule has 7 heteroatoms. The van der Waals surface area contributed by atoms with E-state index in [0.29, 0.717) is 25.8 Å². The second-order valence-corrected chi connectivity index (χ2v) is 5.18. The Morgan fingerprint density at radius 2 is 2.16 bits per heavy atom. The van der Waals surface area contributed by atoms with Crippen molar-refractivity contribution in [2.24, 2.45) is 5.92 Å². The molecule has 19 heavy (non-hydrogen) atoms. The number of carboxylic acid groups (broad SMARTS) is 1. The minimum atomic E-state index is -1.04. The highest BCUT2D eigenvalue weighted by atomic mass is 16.4. The van der Waals surface area contributed by atoms with Gasteiger partial charge in [-0.05, 0) is 18.8 Å². The third-order valence-corrected chi connectivity index (χ3v) is 2.91. The normalized spacial score (nSPS) is 20.6. The van der Waals surface area contributed by atoms with Gasteiger partial charge in [0.15, 0.2) is 0 Å². The van der Waals surface area contributed by atoms with Gasteiger partial charge in [-0.3, -0.25) is 4.79 Å². The minimum Gasteiger partial charge on any atom is -0.480 e. The minimum absolute atomic E-state index is 0.0262. The van der Waals surface area contributed by atoms with E-state index in [9.17, 15) is 14.4 Å². The van der Waals surface area contributed by atoms with E-state index in [1.54, 1.807) is 0 Å². The van der Waals surface area contributed by atoms with Gasteiger partial charge in [0.1, 0.15) is 6.04 Å². The number of piperidine rings is 1. The molecule has 1 saturated heterocycles. The Balaban J connectivity index is 2.40. The Labute approximate surface area is 112 Å². The van der Waals surface area contributed by atoms with Crippen LogP contribution in [0.4, 0.5) is 4.79 Å². The molecule has 2 atom stereocenters. The molecule has 0 aromatic rings. The van der Waals surface area contributed by atoms with Gasteiger partial charge in [0.05, 0.1) is 0 Å². The molecule has 0 radical (unpaired) electrons. The number of hydrogen-bond donors (Lipinski definition) is 4. The number of amides is 3. The van der Waals surface area contributed by atoms with Gasteiger partial charge in [0.2, 0.25) is 5.91 Å². The molecule has 1 fully saturated rings. The summed E-state index contributed by atoms with van der Waals surface area (Å²) in [4.78, 5) is 33.7. The van der Waals surface area contributed by atoms with Crippen LogP contribution >= 0.6 is 0 Å². The lowest BCUT2D eigenvalue weighted by molar-refractivity contribution is -0.139. The maximum absolute atomic E-state index is 11.7. The summed E-state index contributed by atoms with van der Waals surface area (Å²) >= 11 is 0. The molecule has 0 aromatic carbocycles. The maximum atomic E-state index is 11.7. The molecule has 108 valence electrons. The molecule has 1 aliphatic rings. The molecule has 0 bridgehead atoms. The summed E-state index contributed by atoms with van der Waals surface area (Å²) < 4.78 is 0. The zero-order valence-corrected chi connectivity index (χ0v) is 11.2. The van der Waals surface area contributed by atoms with Gasteiger partial charge in [-0.2, -0.15) is 0 Å². The summed E-state index contributed by atoms with van der Waals surface area (Å²) in [5.74, 6) is -0.891. The van der Waals surface area contributed by atoms with Crippen LogP contribution < -0.4 is 16.0 Å². The summed E-state index contributed by atoms with van der Waals surface area (Å²) in [6.45, 7) is 4.17. The number of rotatable bonds is 5. The first-order valence-corrected chi connectivity index (χ1v) is 6.45. The van der Waals surface area contributed by atoms with Crippen molar-refractivity contribution in [3.63, 3.8) is 0 Å². The molecule has 3 amide bonds. The van der Waals surface area contributed by atoms with E-state index < -0.39 is 18.0 Å². The van der Waals surface area contributed by atoms with Crippen LogP contribution in [-0.4, -0.2) is 41.6 Å². The average molecular weight is 271 g/mol. The number of urea groups is 1. The fraction of sp³-hybridized carbons (Fsp3) is 0.750. The van der Waals surface area contributed by atoms with E-state index in [-0.39, 0.29) is 17.9 Å². The molecule has 4 N–H and O–H groups in total. The maximum Gasteiger partial charge on any atom is 0.326 e. The highest BCUT2D eigenvalue weighted by Crippen LogP contribution is 2.06. The Morgan fingerprint density at radius 1 is 1.47 bits per heavy atom. The predicted octanol–water partition coefficient (Wildman–Crippen LogP) is 0.0635. The van der Waals surface area contributed by atoms with Crippen LogP contribution in [0.3, 0.4) is 0 Å². The molecular formula is C12H21N3O4. The average Bonchev–Trinajstić information content (AvgIpc) is 2.30. The van der Waals surface area contributed by atoms with E-state index in [1.807, 2.05) is 13.8 Å². The molecule has 0 aromatic heterocycles. The molecule has 0 spiro atoms. The second-order valence-electron chi connectivity index (χ2n) is 5.18. The molecule has 1 heterocycles. The van der Waals surface area contributed by atoms with Crippen molar-refractivity contribution >= 4 is 17.9 Å². The monoisotopic (exact) mass is 271 g/mol. The van der Waals surface area contributed by atoms with Crippen LogP contribution in [0.25, 0.3) is 0 Å². The zero-order chi connectivity index (χ0) is 14.4. The van der Waals surface area contributed by atoms with Gasteiger partial charge < -0.3 is 21.1 Å². The van der Waals surface area contributed by atoms with Crippen LogP contribution in [0.5, 0.6) is 0 Å². The lowest BCUT2D eigenvalue weighted by atomic mass is 10.0. The molecule has 0 aliphatic carbocycles. The predicted molar refractivity (Wildman–Crippen MR) is 68.6 cm³/mol. The summed E-state index contributed by atoms with van der Waals surface area (Å²) in [7, 11) is 0. The number of carbonyl (C=O) groups excluding carboxylic acids is 2. The van der Waals surface area contributed by atoms with E-state index in [0.717, 1.165) is 0 Å². The SMILES string of the molecule is CC(C)C[C@H](NC(=O)NC1CCC(=O)NC1)C(=O)O. The molecule has 1 unspecified atom stereocenters. The Bertz CT molecular complexity index is 347. The van der Waals surface area contributed by atoms with Crippen molar-refractivity contribution in [3.05, 3.63) is 0 Å². The summed E-state index contributed by atoms with van der Waals surface area (Å²) in [5.41, 5.74) is 0. The molecule has 1 rings (SSSR count). The molecule has 0 saturated carbocycles. The Morgan fingerprint density at radius 3 is 2.63 bits per heavy atom. The van der Waals surface area contributed by atoms with Crippen LogP contribution in [0.1, 0.15) is 33.1 Å². The van der Waals surface area contributed by atoms with Gasteiger partial charge in [0, 0.05) is 19.0 Å². The molecular weight excluding hydrogens is 250 g/mol. The Hall–Kier alpha value is -1.79. The van der Waals surface area contributed by atoms with Gasteiger partial charge in [-0.15, -0.1) is 0 Å².